The average Bonchev–Trinajstić information content (AvgIpc) is 3.74. The first-order valence-electron chi connectivity index (χ1n) is 16.8. The number of hydrogen-bond donors (Lipinski definition) is 3. The standard InChI is InChI=1S/C36H42N8O8S/c1-7-22-30(51-19(2)40-22)33(48)42-35-44(29-24(49-6)16-21(32(38)47)18-26(29)53-35)13-9-8-12-43-28-23(41-34(43)39)15-20(31(37)46)17-25(28)50-14-10-11-27(45)52-36(3,4)5/h8-9,15-18H,7,10-14H2,1-6H3,(H2,37,46)(H2,38,47)(H2,39,41)/b9-8+,42-35?. The largest absolute Gasteiger partial charge is 0.494 e. The second kappa shape index (κ2) is 15.7. The van der Waals surface area contributed by atoms with Gasteiger partial charge in [0.05, 0.1) is 29.6 Å². The van der Waals surface area contributed by atoms with E-state index in [2.05, 4.69) is 15.0 Å². The Morgan fingerprint density at radius 2 is 1.62 bits per heavy atom. The quantitative estimate of drug-likeness (QED) is 0.0827. The van der Waals surface area contributed by atoms with Gasteiger partial charge in [-0.05, 0) is 57.9 Å². The van der Waals surface area contributed by atoms with Crippen LogP contribution >= 0.6 is 11.3 Å². The molecule has 3 aromatic heterocycles. The number of aryl methyl sites for hydroxylation is 2. The lowest BCUT2D eigenvalue weighted by Crippen LogP contribution is -2.24. The number of imidazole rings is 1. The summed E-state index contributed by atoms with van der Waals surface area (Å²) in [5, 5.41) is 0. The molecule has 0 saturated carbocycles. The number of anilines is 1. The van der Waals surface area contributed by atoms with E-state index < -0.39 is 23.3 Å². The van der Waals surface area contributed by atoms with Gasteiger partial charge in [-0.3, -0.25) is 19.2 Å². The average molecular weight is 747 g/mol. The van der Waals surface area contributed by atoms with E-state index in [0.717, 1.165) is 0 Å². The first kappa shape index (κ1) is 38.3. The fourth-order valence-electron chi connectivity index (χ4n) is 5.58. The van der Waals surface area contributed by atoms with Crippen LogP contribution in [0, 0.1) is 6.92 Å². The summed E-state index contributed by atoms with van der Waals surface area (Å²) in [4.78, 5) is 63.2. The van der Waals surface area contributed by atoms with E-state index in [1.165, 1.54) is 36.6 Å². The van der Waals surface area contributed by atoms with Gasteiger partial charge < -0.3 is 45.0 Å². The number of amides is 3. The molecule has 0 saturated heterocycles. The monoisotopic (exact) mass is 746 g/mol. The third kappa shape index (κ3) is 8.74. The molecule has 0 radical (unpaired) electrons. The van der Waals surface area contributed by atoms with Crippen LogP contribution in [0.3, 0.4) is 0 Å². The number of nitrogen functional groups attached to an aromatic ring is 1. The van der Waals surface area contributed by atoms with Gasteiger partial charge in [-0.25, -0.2) is 9.97 Å². The van der Waals surface area contributed by atoms with Gasteiger partial charge in [-0.1, -0.05) is 30.4 Å². The van der Waals surface area contributed by atoms with Crippen LogP contribution in [0.4, 0.5) is 5.95 Å². The number of fused-ring (bicyclic) bond motifs is 2. The number of allylic oxidation sites excluding steroid dienone is 2. The Balaban J connectivity index is 1.47. The highest BCUT2D eigenvalue weighted by molar-refractivity contribution is 7.16. The number of thiazole rings is 1. The Labute approximate surface area is 308 Å². The first-order chi connectivity index (χ1) is 25.1. The zero-order chi connectivity index (χ0) is 38.6. The molecule has 6 N–H and O–H groups in total. The van der Waals surface area contributed by atoms with Crippen molar-refractivity contribution in [1.82, 2.24) is 19.1 Å². The van der Waals surface area contributed by atoms with Crippen LogP contribution in [0.2, 0.25) is 0 Å². The van der Waals surface area contributed by atoms with Crippen LogP contribution < -0.4 is 31.5 Å². The normalized spacial score (nSPS) is 12.2. The molecule has 0 atom stereocenters. The predicted octanol–water partition coefficient (Wildman–Crippen LogP) is 4.20. The second-order valence-electron chi connectivity index (χ2n) is 13.0. The molecule has 3 amide bonds. The van der Waals surface area contributed by atoms with Gasteiger partial charge >= 0.3 is 11.9 Å². The van der Waals surface area contributed by atoms with Crippen molar-refractivity contribution >= 4 is 62.2 Å². The number of primary amides is 2. The topological polar surface area (TPSA) is 235 Å². The molecule has 2 aromatic carbocycles. The van der Waals surface area contributed by atoms with Crippen molar-refractivity contribution < 1.29 is 37.8 Å². The molecule has 0 bridgehead atoms. The lowest BCUT2D eigenvalue weighted by atomic mass is 10.1. The third-order valence-electron chi connectivity index (χ3n) is 7.84. The maximum atomic E-state index is 13.4. The summed E-state index contributed by atoms with van der Waals surface area (Å²) in [5.41, 5.74) is 19.4. The maximum Gasteiger partial charge on any atom is 0.317 e. The fraction of sp³-hybridized carbons (Fsp3) is 0.361. The molecule has 0 spiro atoms. The van der Waals surface area contributed by atoms with Crippen LogP contribution in [0.15, 0.2) is 45.8 Å². The molecule has 0 fully saturated rings. The van der Waals surface area contributed by atoms with E-state index >= 15 is 0 Å². The summed E-state index contributed by atoms with van der Waals surface area (Å²) in [5.74, 6) is -1.00. The van der Waals surface area contributed by atoms with E-state index in [-0.39, 0.29) is 54.9 Å². The van der Waals surface area contributed by atoms with Crippen LogP contribution in [-0.2, 0) is 29.0 Å². The van der Waals surface area contributed by atoms with Crippen LogP contribution in [-0.4, -0.2) is 62.1 Å². The summed E-state index contributed by atoms with van der Waals surface area (Å²) < 4.78 is 26.8. The van der Waals surface area contributed by atoms with E-state index in [1.54, 1.807) is 42.9 Å². The molecular formula is C36H42N8O8S. The number of benzene rings is 2. The smallest absolute Gasteiger partial charge is 0.317 e. The number of carbonyl (C=O) groups excluding carboxylic acids is 4. The molecule has 53 heavy (non-hydrogen) atoms. The summed E-state index contributed by atoms with van der Waals surface area (Å²) in [6, 6.07) is 6.21. The molecular weight excluding hydrogens is 705 g/mol. The van der Waals surface area contributed by atoms with E-state index in [0.29, 0.717) is 62.0 Å². The zero-order valence-electron chi connectivity index (χ0n) is 30.3. The van der Waals surface area contributed by atoms with Crippen LogP contribution in [0.1, 0.15) is 83.4 Å². The maximum absolute atomic E-state index is 13.4. The molecule has 3 heterocycles. The van der Waals surface area contributed by atoms with Gasteiger partial charge in [0.1, 0.15) is 28.1 Å². The highest BCUT2D eigenvalue weighted by atomic mass is 32.1. The number of oxazole rings is 1. The number of ether oxygens (including phenoxy) is 3. The molecule has 5 aromatic rings. The minimum absolute atomic E-state index is 0.0548. The molecule has 0 unspecified atom stereocenters. The van der Waals surface area contributed by atoms with Gasteiger partial charge in [0, 0.05) is 37.6 Å². The molecule has 16 nitrogen and oxygen atoms in total. The molecule has 17 heteroatoms. The summed E-state index contributed by atoms with van der Waals surface area (Å²) >= 11 is 1.18. The predicted molar refractivity (Wildman–Crippen MR) is 198 cm³/mol. The van der Waals surface area contributed by atoms with E-state index in [9.17, 15) is 19.2 Å². The van der Waals surface area contributed by atoms with Crippen molar-refractivity contribution in [3.05, 3.63) is 69.7 Å². The fourth-order valence-corrected chi connectivity index (χ4v) is 6.67. The van der Waals surface area contributed by atoms with Crippen molar-refractivity contribution in [2.24, 2.45) is 16.5 Å². The van der Waals surface area contributed by atoms with Crippen molar-refractivity contribution in [2.75, 3.05) is 19.5 Å². The molecule has 0 aliphatic carbocycles. The van der Waals surface area contributed by atoms with Gasteiger partial charge in [0.2, 0.25) is 23.5 Å². The summed E-state index contributed by atoms with van der Waals surface area (Å²) in [6.07, 6.45) is 4.67. The molecule has 5 rings (SSSR count). The zero-order valence-corrected chi connectivity index (χ0v) is 31.2. The Bertz CT molecular complexity index is 2320. The van der Waals surface area contributed by atoms with Crippen molar-refractivity contribution in [3.8, 4) is 11.5 Å². The van der Waals surface area contributed by atoms with Crippen LogP contribution in [0.25, 0.3) is 21.3 Å². The van der Waals surface area contributed by atoms with Gasteiger partial charge in [-0.15, -0.1) is 0 Å². The SMILES string of the molecule is CCc1nc(C)oc1C(=O)N=c1sc2cc(C(N)=O)cc(OC)c2n1C/C=C/Cn1c(N)nc2cc(C(N)=O)cc(OCCCC(=O)OC(C)(C)C)c21. The number of hydrogen-bond acceptors (Lipinski definition) is 12. The lowest BCUT2D eigenvalue weighted by Gasteiger charge is -2.19. The summed E-state index contributed by atoms with van der Waals surface area (Å²) in [6.45, 7) is 9.52. The Kier molecular flexibility index (Phi) is 11.4. The highest BCUT2D eigenvalue weighted by Gasteiger charge is 2.21. The van der Waals surface area contributed by atoms with Crippen LogP contribution in [0.5, 0.6) is 11.5 Å². The van der Waals surface area contributed by atoms with Crippen molar-refractivity contribution in [2.45, 2.75) is 72.6 Å². The molecule has 0 aliphatic rings. The van der Waals surface area contributed by atoms with Crippen molar-refractivity contribution in [3.63, 3.8) is 0 Å². The third-order valence-corrected chi connectivity index (χ3v) is 8.87. The number of carbonyl (C=O) groups is 4. The van der Waals surface area contributed by atoms with E-state index in [1.807, 2.05) is 19.1 Å². The van der Waals surface area contributed by atoms with Gasteiger partial charge in [0.15, 0.2) is 10.7 Å². The van der Waals surface area contributed by atoms with E-state index in [4.69, 9.17) is 35.8 Å². The lowest BCUT2D eigenvalue weighted by molar-refractivity contribution is -0.155. The van der Waals surface area contributed by atoms with Gasteiger partial charge in [-0.2, -0.15) is 4.99 Å². The number of methoxy groups -OCH3 is 1. The number of esters is 1. The second-order valence-corrected chi connectivity index (χ2v) is 14.0. The minimum atomic E-state index is -0.666. The van der Waals surface area contributed by atoms with Crippen molar-refractivity contribution in [1.29, 1.82) is 0 Å². The minimum Gasteiger partial charge on any atom is -0.494 e. The first-order valence-corrected chi connectivity index (χ1v) is 17.6. The number of nitrogens with zero attached hydrogens (tertiary/aromatic N) is 5. The number of aromatic nitrogens is 4. The Morgan fingerprint density at radius 3 is 2.26 bits per heavy atom. The Morgan fingerprint density at radius 1 is 0.962 bits per heavy atom. The summed E-state index contributed by atoms with van der Waals surface area (Å²) in [7, 11) is 1.47. The Hall–Kier alpha value is -5.97. The molecule has 0 aliphatic heterocycles. The number of nitrogens with two attached hydrogens (primary N) is 3. The van der Waals surface area contributed by atoms with Gasteiger partial charge in [0.25, 0.3) is 0 Å². The highest BCUT2D eigenvalue weighted by Crippen LogP contribution is 2.32. The molecule has 280 valence electrons. The number of rotatable bonds is 14.